The summed E-state index contributed by atoms with van der Waals surface area (Å²) in [6, 6.07) is 4.63. The molecule has 0 aliphatic carbocycles. The van der Waals surface area contributed by atoms with Crippen molar-refractivity contribution in [2.45, 2.75) is 37.8 Å². The third-order valence-corrected chi connectivity index (χ3v) is 5.65. The number of hydrogen-bond donors (Lipinski definition) is 2. The Bertz CT molecular complexity index is 540. The lowest BCUT2D eigenvalue weighted by Crippen LogP contribution is -2.50. The van der Waals surface area contributed by atoms with Crippen molar-refractivity contribution in [2.75, 3.05) is 26.2 Å². The van der Waals surface area contributed by atoms with Crippen molar-refractivity contribution in [3.8, 4) is 0 Å². The third-order valence-electron chi connectivity index (χ3n) is 4.68. The first-order valence-corrected chi connectivity index (χ1v) is 9.12. The number of carbonyl (C=O) groups excluding carboxylic acids is 2. The number of piperidine rings is 1. The summed E-state index contributed by atoms with van der Waals surface area (Å²) in [5, 5.41) is 5.24. The van der Waals surface area contributed by atoms with E-state index in [0.29, 0.717) is 6.54 Å². The normalized spacial score (nSPS) is 23.1. The molecule has 1 aromatic heterocycles. The lowest BCUT2D eigenvalue weighted by Gasteiger charge is -2.33. The van der Waals surface area contributed by atoms with Gasteiger partial charge in [0, 0.05) is 30.6 Å². The molecule has 0 unspecified atom stereocenters. The summed E-state index contributed by atoms with van der Waals surface area (Å²) in [5.41, 5.74) is 5.23. The molecular formula is C16H24N4O2S. The number of amides is 3. The quantitative estimate of drug-likeness (QED) is 0.875. The highest BCUT2D eigenvalue weighted by atomic mass is 32.1. The molecule has 2 aliphatic rings. The zero-order valence-electron chi connectivity index (χ0n) is 13.2. The van der Waals surface area contributed by atoms with E-state index in [-0.39, 0.29) is 24.0 Å². The van der Waals surface area contributed by atoms with Crippen LogP contribution in [0.1, 0.15) is 36.6 Å². The average molecular weight is 336 g/mol. The van der Waals surface area contributed by atoms with Gasteiger partial charge in [0.1, 0.15) is 0 Å². The molecule has 1 atom stereocenters. The van der Waals surface area contributed by atoms with Crippen molar-refractivity contribution < 1.29 is 9.59 Å². The lowest BCUT2D eigenvalue weighted by molar-refractivity contribution is -0.119. The highest BCUT2D eigenvalue weighted by Gasteiger charge is 2.32. The fourth-order valence-electron chi connectivity index (χ4n) is 3.50. The summed E-state index contributed by atoms with van der Waals surface area (Å²) >= 11 is 1.72. The predicted molar refractivity (Wildman–Crippen MR) is 90.2 cm³/mol. The van der Waals surface area contributed by atoms with Crippen LogP contribution in [0.4, 0.5) is 4.79 Å². The monoisotopic (exact) mass is 336 g/mol. The highest BCUT2D eigenvalue weighted by Crippen LogP contribution is 2.34. The number of hydrogen-bond acceptors (Lipinski definition) is 4. The van der Waals surface area contributed by atoms with Crippen LogP contribution in [0, 0.1) is 0 Å². The molecule has 0 aromatic carbocycles. The number of thiophene rings is 1. The number of carbonyl (C=O) groups is 2. The average Bonchev–Trinajstić information content (AvgIpc) is 3.19. The van der Waals surface area contributed by atoms with E-state index in [9.17, 15) is 9.59 Å². The SMILES string of the molecule is NC(=O)CN1CCC(NC(=O)N2CCC[C@H]2c2cccs2)CC1. The Labute approximate surface area is 140 Å². The van der Waals surface area contributed by atoms with Crippen molar-refractivity contribution in [1.29, 1.82) is 0 Å². The van der Waals surface area contributed by atoms with Crippen LogP contribution in [-0.4, -0.2) is 54.0 Å². The molecule has 3 N–H and O–H groups in total. The second-order valence-electron chi connectivity index (χ2n) is 6.33. The van der Waals surface area contributed by atoms with Crippen molar-refractivity contribution in [3.05, 3.63) is 22.4 Å². The second kappa shape index (κ2) is 7.31. The maximum absolute atomic E-state index is 12.6. The molecular weight excluding hydrogens is 312 g/mol. The van der Waals surface area contributed by atoms with Crippen LogP contribution in [0.3, 0.4) is 0 Å². The molecule has 6 nitrogen and oxygen atoms in total. The highest BCUT2D eigenvalue weighted by molar-refractivity contribution is 7.10. The lowest BCUT2D eigenvalue weighted by atomic mass is 10.1. The van der Waals surface area contributed by atoms with Crippen molar-refractivity contribution in [1.82, 2.24) is 15.1 Å². The molecule has 0 radical (unpaired) electrons. The van der Waals surface area contributed by atoms with Crippen molar-refractivity contribution in [3.63, 3.8) is 0 Å². The second-order valence-corrected chi connectivity index (χ2v) is 7.31. The van der Waals surface area contributed by atoms with Gasteiger partial charge in [-0.05, 0) is 37.1 Å². The van der Waals surface area contributed by atoms with Crippen LogP contribution >= 0.6 is 11.3 Å². The Hall–Kier alpha value is -1.60. The van der Waals surface area contributed by atoms with E-state index >= 15 is 0 Å². The van der Waals surface area contributed by atoms with Gasteiger partial charge in [0.15, 0.2) is 0 Å². The molecule has 2 saturated heterocycles. The first-order chi connectivity index (χ1) is 11.1. The number of primary amides is 1. The fraction of sp³-hybridized carbons (Fsp3) is 0.625. The van der Waals surface area contributed by atoms with E-state index in [4.69, 9.17) is 5.73 Å². The maximum atomic E-state index is 12.6. The molecule has 7 heteroatoms. The Kier molecular flexibility index (Phi) is 5.17. The summed E-state index contributed by atoms with van der Waals surface area (Å²) in [4.78, 5) is 28.9. The van der Waals surface area contributed by atoms with Crippen molar-refractivity contribution >= 4 is 23.3 Å². The fourth-order valence-corrected chi connectivity index (χ4v) is 4.37. The molecule has 126 valence electrons. The van der Waals surface area contributed by atoms with Crippen LogP contribution in [0.25, 0.3) is 0 Å². The van der Waals surface area contributed by atoms with Gasteiger partial charge in [0.05, 0.1) is 12.6 Å². The summed E-state index contributed by atoms with van der Waals surface area (Å²) in [6.07, 6.45) is 3.85. The van der Waals surface area contributed by atoms with Crippen LogP contribution in [0.5, 0.6) is 0 Å². The Balaban J connectivity index is 1.50. The minimum Gasteiger partial charge on any atom is -0.369 e. The molecule has 3 amide bonds. The van der Waals surface area contributed by atoms with E-state index in [0.717, 1.165) is 45.3 Å². The zero-order chi connectivity index (χ0) is 16.2. The van der Waals surface area contributed by atoms with Gasteiger partial charge in [-0.25, -0.2) is 4.79 Å². The number of nitrogens with two attached hydrogens (primary N) is 1. The summed E-state index contributed by atoms with van der Waals surface area (Å²) in [6.45, 7) is 2.76. The van der Waals surface area contributed by atoms with E-state index < -0.39 is 0 Å². The van der Waals surface area contributed by atoms with Gasteiger partial charge < -0.3 is 16.0 Å². The van der Waals surface area contributed by atoms with E-state index in [1.807, 2.05) is 11.0 Å². The summed E-state index contributed by atoms with van der Waals surface area (Å²) in [7, 11) is 0. The summed E-state index contributed by atoms with van der Waals surface area (Å²) < 4.78 is 0. The van der Waals surface area contributed by atoms with Crippen LogP contribution in [0.2, 0.25) is 0 Å². The molecule has 0 saturated carbocycles. The molecule has 3 rings (SSSR count). The van der Waals surface area contributed by atoms with E-state index in [1.165, 1.54) is 4.88 Å². The van der Waals surface area contributed by atoms with Crippen LogP contribution in [0.15, 0.2) is 17.5 Å². The largest absolute Gasteiger partial charge is 0.369 e. The Morgan fingerprint density at radius 1 is 1.26 bits per heavy atom. The molecule has 2 fully saturated rings. The molecule has 23 heavy (non-hydrogen) atoms. The zero-order valence-corrected chi connectivity index (χ0v) is 14.1. The number of urea groups is 1. The number of likely N-dealkylation sites (tertiary alicyclic amines) is 2. The smallest absolute Gasteiger partial charge is 0.318 e. The first kappa shape index (κ1) is 16.3. The number of rotatable bonds is 4. The number of nitrogens with one attached hydrogen (secondary N) is 1. The molecule has 1 aromatic rings. The maximum Gasteiger partial charge on any atom is 0.318 e. The van der Waals surface area contributed by atoms with Gasteiger partial charge in [-0.1, -0.05) is 6.07 Å². The van der Waals surface area contributed by atoms with E-state index in [2.05, 4.69) is 21.7 Å². The Morgan fingerprint density at radius 3 is 2.70 bits per heavy atom. The van der Waals surface area contributed by atoms with Gasteiger partial charge in [-0.3, -0.25) is 9.69 Å². The van der Waals surface area contributed by atoms with Gasteiger partial charge in [-0.2, -0.15) is 0 Å². The van der Waals surface area contributed by atoms with Gasteiger partial charge in [-0.15, -0.1) is 11.3 Å². The summed E-state index contributed by atoms with van der Waals surface area (Å²) in [5.74, 6) is -0.289. The first-order valence-electron chi connectivity index (χ1n) is 8.24. The molecule has 3 heterocycles. The van der Waals surface area contributed by atoms with Gasteiger partial charge in [0.25, 0.3) is 0 Å². The predicted octanol–water partition coefficient (Wildman–Crippen LogP) is 1.54. The molecule has 2 aliphatic heterocycles. The van der Waals surface area contributed by atoms with Gasteiger partial charge >= 0.3 is 6.03 Å². The Morgan fingerprint density at radius 2 is 2.04 bits per heavy atom. The van der Waals surface area contributed by atoms with Gasteiger partial charge in [0.2, 0.25) is 5.91 Å². The standard InChI is InChI=1S/C16H24N4O2S/c17-15(21)11-19-8-5-12(6-9-19)18-16(22)20-7-1-3-13(20)14-4-2-10-23-14/h2,4,10,12-13H,1,3,5-9,11H2,(H2,17,21)(H,18,22)/t13-/m0/s1. The topological polar surface area (TPSA) is 78.7 Å². The van der Waals surface area contributed by atoms with Crippen molar-refractivity contribution in [2.24, 2.45) is 5.73 Å². The number of nitrogens with zero attached hydrogens (tertiary/aromatic N) is 2. The third kappa shape index (κ3) is 4.03. The van der Waals surface area contributed by atoms with Crippen LogP contribution in [-0.2, 0) is 4.79 Å². The minimum absolute atomic E-state index is 0.0502. The minimum atomic E-state index is -0.289. The molecule has 0 bridgehead atoms. The molecule has 0 spiro atoms. The van der Waals surface area contributed by atoms with Crippen LogP contribution < -0.4 is 11.1 Å². The van der Waals surface area contributed by atoms with E-state index in [1.54, 1.807) is 11.3 Å².